The number of halogens is 1. The first-order valence-electron chi connectivity index (χ1n) is 7.46. The highest BCUT2D eigenvalue weighted by Crippen LogP contribution is 2.39. The van der Waals surface area contributed by atoms with Crippen molar-refractivity contribution < 1.29 is 9.18 Å². The van der Waals surface area contributed by atoms with Crippen molar-refractivity contribution in [3.63, 3.8) is 0 Å². The fraction of sp³-hybridized carbons (Fsp3) is 0. The molecule has 0 spiro atoms. The first-order valence-corrected chi connectivity index (χ1v) is 8.28. The van der Waals surface area contributed by atoms with Gasteiger partial charge in [-0.2, -0.15) is 0 Å². The van der Waals surface area contributed by atoms with Crippen LogP contribution in [0.2, 0.25) is 0 Å². The van der Waals surface area contributed by atoms with Gasteiger partial charge in [-0.1, -0.05) is 30.3 Å². The highest BCUT2D eigenvalue weighted by Gasteiger charge is 2.21. The number of rotatable bonds is 3. The van der Waals surface area contributed by atoms with Gasteiger partial charge < -0.3 is 0 Å². The number of hydrogen-bond acceptors (Lipinski definition) is 3. The highest BCUT2D eigenvalue weighted by molar-refractivity contribution is 7.22. The summed E-state index contributed by atoms with van der Waals surface area (Å²) in [5, 5.41) is 0.920. The third-order valence-corrected chi connectivity index (χ3v) is 5.09. The van der Waals surface area contributed by atoms with Crippen LogP contribution in [0.5, 0.6) is 0 Å². The normalized spacial score (nSPS) is 10.9. The molecule has 4 rings (SSSR count). The van der Waals surface area contributed by atoms with E-state index in [4.69, 9.17) is 0 Å². The standard InChI is InChI=1S/C20H12FNOS/c21-15-7-5-14(6-8-15)20-18(16-3-1-2-4-17(16)24-20)19(23)13-9-11-22-12-10-13/h1-12H. The molecule has 0 saturated heterocycles. The van der Waals surface area contributed by atoms with Gasteiger partial charge in [-0.15, -0.1) is 11.3 Å². The Kier molecular flexibility index (Phi) is 3.67. The maximum atomic E-state index is 13.3. The van der Waals surface area contributed by atoms with Gasteiger partial charge >= 0.3 is 0 Å². The highest BCUT2D eigenvalue weighted by atomic mass is 32.1. The Morgan fingerprint density at radius 3 is 2.38 bits per heavy atom. The molecular weight excluding hydrogens is 321 g/mol. The maximum Gasteiger partial charge on any atom is 0.195 e. The van der Waals surface area contributed by atoms with Crippen LogP contribution in [0.3, 0.4) is 0 Å². The molecule has 0 atom stereocenters. The molecule has 0 radical (unpaired) electrons. The largest absolute Gasteiger partial charge is 0.289 e. The lowest BCUT2D eigenvalue weighted by atomic mass is 9.98. The predicted molar refractivity (Wildman–Crippen MR) is 94.9 cm³/mol. The molecule has 4 aromatic rings. The Balaban J connectivity index is 1.97. The minimum absolute atomic E-state index is 0.0471. The Labute approximate surface area is 142 Å². The van der Waals surface area contributed by atoms with Crippen LogP contribution in [0.15, 0.2) is 73.1 Å². The summed E-state index contributed by atoms with van der Waals surface area (Å²) >= 11 is 1.55. The van der Waals surface area contributed by atoms with Gasteiger partial charge in [0.2, 0.25) is 0 Å². The van der Waals surface area contributed by atoms with Crippen LogP contribution in [0.25, 0.3) is 20.5 Å². The van der Waals surface area contributed by atoms with E-state index in [1.165, 1.54) is 12.1 Å². The minimum atomic E-state index is -0.290. The summed E-state index contributed by atoms with van der Waals surface area (Å²) in [5.41, 5.74) is 2.10. The third-order valence-electron chi connectivity index (χ3n) is 3.87. The molecule has 0 aliphatic rings. The van der Waals surface area contributed by atoms with Crippen molar-refractivity contribution in [3.8, 4) is 10.4 Å². The van der Waals surface area contributed by atoms with E-state index in [1.807, 2.05) is 24.3 Å². The van der Waals surface area contributed by atoms with Crippen molar-refractivity contribution in [2.75, 3.05) is 0 Å². The van der Waals surface area contributed by atoms with Crippen LogP contribution in [-0.4, -0.2) is 10.8 Å². The fourth-order valence-electron chi connectivity index (χ4n) is 2.72. The molecule has 24 heavy (non-hydrogen) atoms. The van der Waals surface area contributed by atoms with E-state index in [-0.39, 0.29) is 11.6 Å². The van der Waals surface area contributed by atoms with Crippen molar-refractivity contribution in [1.82, 2.24) is 4.98 Å². The Morgan fingerprint density at radius 2 is 1.62 bits per heavy atom. The van der Waals surface area contributed by atoms with Gasteiger partial charge in [0.1, 0.15) is 5.82 Å². The van der Waals surface area contributed by atoms with E-state index < -0.39 is 0 Å². The number of fused-ring (bicyclic) bond motifs is 1. The number of carbonyl (C=O) groups is 1. The lowest BCUT2D eigenvalue weighted by molar-refractivity contribution is 0.104. The van der Waals surface area contributed by atoms with Crippen molar-refractivity contribution in [3.05, 3.63) is 90.0 Å². The average Bonchev–Trinajstić information content (AvgIpc) is 3.02. The van der Waals surface area contributed by atoms with Crippen LogP contribution in [0, 0.1) is 5.82 Å². The molecule has 0 aliphatic carbocycles. The van der Waals surface area contributed by atoms with Crippen LogP contribution in [0.1, 0.15) is 15.9 Å². The van der Waals surface area contributed by atoms with Crippen LogP contribution >= 0.6 is 11.3 Å². The smallest absolute Gasteiger partial charge is 0.195 e. The summed E-state index contributed by atoms with van der Waals surface area (Å²) in [7, 11) is 0. The van der Waals surface area contributed by atoms with E-state index in [2.05, 4.69) is 4.98 Å². The second kappa shape index (κ2) is 5.98. The van der Waals surface area contributed by atoms with Gasteiger partial charge in [0.05, 0.1) is 0 Å². The average molecular weight is 333 g/mol. The topological polar surface area (TPSA) is 30.0 Å². The van der Waals surface area contributed by atoms with Gasteiger partial charge in [0, 0.05) is 38.5 Å². The Bertz CT molecular complexity index is 1020. The minimum Gasteiger partial charge on any atom is -0.289 e. The number of ketones is 1. The van der Waals surface area contributed by atoms with Gasteiger partial charge in [-0.25, -0.2) is 4.39 Å². The maximum absolute atomic E-state index is 13.3. The van der Waals surface area contributed by atoms with Crippen LogP contribution in [0.4, 0.5) is 4.39 Å². The molecular formula is C20H12FNOS. The number of benzene rings is 2. The second-order valence-corrected chi connectivity index (χ2v) is 6.43. The van der Waals surface area contributed by atoms with Gasteiger partial charge in [-0.05, 0) is 35.9 Å². The van der Waals surface area contributed by atoms with E-state index in [1.54, 1.807) is 48.0 Å². The van der Waals surface area contributed by atoms with Crippen molar-refractivity contribution in [1.29, 1.82) is 0 Å². The van der Waals surface area contributed by atoms with Crippen LogP contribution < -0.4 is 0 Å². The molecule has 116 valence electrons. The molecule has 2 aromatic heterocycles. The van der Waals surface area contributed by atoms with E-state index in [0.717, 1.165) is 20.5 Å². The molecule has 0 bridgehead atoms. The molecule has 2 heterocycles. The zero-order chi connectivity index (χ0) is 16.5. The molecule has 0 fully saturated rings. The molecule has 2 nitrogen and oxygen atoms in total. The van der Waals surface area contributed by atoms with Gasteiger partial charge in [0.15, 0.2) is 5.78 Å². The first kappa shape index (κ1) is 14.7. The van der Waals surface area contributed by atoms with Crippen LogP contribution in [-0.2, 0) is 0 Å². The number of aromatic nitrogens is 1. The number of hydrogen-bond donors (Lipinski definition) is 0. The zero-order valence-corrected chi connectivity index (χ0v) is 13.4. The molecule has 4 heteroatoms. The Hall–Kier alpha value is -2.85. The monoisotopic (exact) mass is 333 g/mol. The SMILES string of the molecule is O=C(c1ccncc1)c1c(-c2ccc(F)cc2)sc2ccccc12. The lowest BCUT2D eigenvalue weighted by Crippen LogP contribution is -2.02. The first-order chi connectivity index (χ1) is 11.7. The summed E-state index contributed by atoms with van der Waals surface area (Å²) in [6.45, 7) is 0. The number of pyridine rings is 1. The summed E-state index contributed by atoms with van der Waals surface area (Å²) in [5.74, 6) is -0.337. The summed E-state index contributed by atoms with van der Waals surface area (Å²) in [6.07, 6.45) is 3.22. The third kappa shape index (κ3) is 2.51. The number of nitrogens with zero attached hydrogens (tertiary/aromatic N) is 1. The van der Waals surface area contributed by atoms with Crippen molar-refractivity contribution in [2.45, 2.75) is 0 Å². The van der Waals surface area contributed by atoms with Crippen molar-refractivity contribution in [2.24, 2.45) is 0 Å². The Morgan fingerprint density at radius 1 is 0.917 bits per heavy atom. The van der Waals surface area contributed by atoms with Gasteiger partial charge in [-0.3, -0.25) is 9.78 Å². The van der Waals surface area contributed by atoms with E-state index in [9.17, 15) is 9.18 Å². The van der Waals surface area contributed by atoms with Crippen molar-refractivity contribution >= 4 is 27.2 Å². The summed E-state index contributed by atoms with van der Waals surface area (Å²) in [4.78, 5) is 17.9. The second-order valence-electron chi connectivity index (χ2n) is 5.37. The van der Waals surface area contributed by atoms with Gasteiger partial charge in [0.25, 0.3) is 0 Å². The molecule has 0 amide bonds. The summed E-state index contributed by atoms with van der Waals surface area (Å²) in [6, 6.07) is 17.5. The number of carbonyl (C=O) groups excluding carboxylic acids is 1. The quantitative estimate of drug-likeness (QED) is 0.474. The molecule has 0 saturated carbocycles. The predicted octanol–water partition coefficient (Wildman–Crippen LogP) is 5.33. The lowest BCUT2D eigenvalue weighted by Gasteiger charge is -2.05. The summed E-state index contributed by atoms with van der Waals surface area (Å²) < 4.78 is 14.3. The number of thiophene rings is 1. The molecule has 0 unspecified atom stereocenters. The zero-order valence-electron chi connectivity index (χ0n) is 12.6. The fourth-order valence-corrected chi connectivity index (χ4v) is 3.93. The molecule has 0 aliphatic heterocycles. The van der Waals surface area contributed by atoms with E-state index in [0.29, 0.717) is 11.1 Å². The molecule has 0 N–H and O–H groups in total. The molecule has 2 aromatic carbocycles. The van der Waals surface area contributed by atoms with E-state index >= 15 is 0 Å².